The number of halogens is 1. The van der Waals surface area contributed by atoms with Gasteiger partial charge in [-0.2, -0.15) is 0 Å². The molecule has 24 heavy (non-hydrogen) atoms. The summed E-state index contributed by atoms with van der Waals surface area (Å²) in [6.07, 6.45) is 0. The van der Waals surface area contributed by atoms with Crippen molar-refractivity contribution in [2.24, 2.45) is 0 Å². The van der Waals surface area contributed by atoms with Crippen LogP contribution in [0.5, 0.6) is 5.75 Å². The van der Waals surface area contributed by atoms with Crippen molar-refractivity contribution >= 4 is 27.3 Å². The Bertz CT molecular complexity index is 797. The van der Waals surface area contributed by atoms with E-state index in [4.69, 9.17) is 9.47 Å². The lowest BCUT2D eigenvalue weighted by molar-refractivity contribution is 0.109. The molecule has 0 unspecified atom stereocenters. The van der Waals surface area contributed by atoms with Gasteiger partial charge in [0.2, 0.25) is 0 Å². The van der Waals surface area contributed by atoms with Gasteiger partial charge in [0.15, 0.2) is 0 Å². The molecule has 0 N–H and O–H groups in total. The van der Waals surface area contributed by atoms with Gasteiger partial charge in [0.1, 0.15) is 10.8 Å². The fraction of sp³-hybridized carbons (Fsp3) is 0.211. The van der Waals surface area contributed by atoms with Crippen molar-refractivity contribution in [2.75, 3.05) is 7.11 Å². The molecule has 0 atom stereocenters. The average molecular weight is 404 g/mol. The van der Waals surface area contributed by atoms with E-state index in [1.807, 2.05) is 43.3 Å². The van der Waals surface area contributed by atoms with Crippen LogP contribution in [0.1, 0.15) is 16.1 Å². The van der Waals surface area contributed by atoms with E-state index in [9.17, 15) is 0 Å². The van der Waals surface area contributed by atoms with Gasteiger partial charge in [-0.1, -0.05) is 28.1 Å². The van der Waals surface area contributed by atoms with Crippen LogP contribution in [0, 0.1) is 6.92 Å². The Morgan fingerprint density at radius 1 is 1.00 bits per heavy atom. The van der Waals surface area contributed by atoms with Gasteiger partial charge in [-0.25, -0.2) is 4.98 Å². The standard InChI is InChI=1S/C19H18BrNO2S/c1-13-18(12-23-11-14-3-7-16(20)8-4-14)24-19(21-13)15-5-9-17(22-2)10-6-15/h3-10H,11-12H2,1-2H3. The van der Waals surface area contributed by atoms with Gasteiger partial charge < -0.3 is 9.47 Å². The van der Waals surface area contributed by atoms with Crippen molar-refractivity contribution in [1.82, 2.24) is 4.98 Å². The summed E-state index contributed by atoms with van der Waals surface area (Å²) in [5, 5.41) is 1.01. The second-order valence-corrected chi connectivity index (χ2v) is 7.37. The van der Waals surface area contributed by atoms with Crippen LogP contribution in [0.4, 0.5) is 0 Å². The van der Waals surface area contributed by atoms with E-state index < -0.39 is 0 Å². The first-order valence-electron chi connectivity index (χ1n) is 7.58. The van der Waals surface area contributed by atoms with Crippen LogP contribution in [-0.4, -0.2) is 12.1 Å². The summed E-state index contributed by atoms with van der Waals surface area (Å²) >= 11 is 5.12. The highest BCUT2D eigenvalue weighted by Gasteiger charge is 2.10. The smallest absolute Gasteiger partial charge is 0.123 e. The molecule has 0 aliphatic carbocycles. The van der Waals surface area contributed by atoms with Crippen LogP contribution >= 0.6 is 27.3 Å². The maximum Gasteiger partial charge on any atom is 0.123 e. The molecule has 3 aromatic rings. The van der Waals surface area contributed by atoms with Crippen LogP contribution in [0.2, 0.25) is 0 Å². The van der Waals surface area contributed by atoms with Gasteiger partial charge in [-0.3, -0.25) is 0 Å². The summed E-state index contributed by atoms with van der Waals surface area (Å²) in [4.78, 5) is 5.83. The first kappa shape index (κ1) is 17.1. The van der Waals surface area contributed by atoms with E-state index in [1.165, 1.54) is 0 Å². The Labute approximate surface area is 154 Å². The average Bonchev–Trinajstić information content (AvgIpc) is 2.98. The van der Waals surface area contributed by atoms with E-state index >= 15 is 0 Å². The number of rotatable bonds is 6. The predicted molar refractivity (Wildman–Crippen MR) is 101 cm³/mol. The largest absolute Gasteiger partial charge is 0.497 e. The Balaban J connectivity index is 1.64. The lowest BCUT2D eigenvalue weighted by atomic mass is 10.2. The molecule has 0 saturated carbocycles. The van der Waals surface area contributed by atoms with Crippen LogP contribution in [0.25, 0.3) is 10.6 Å². The Morgan fingerprint density at radius 3 is 2.38 bits per heavy atom. The third-order valence-electron chi connectivity index (χ3n) is 3.64. The number of methoxy groups -OCH3 is 1. The quantitative estimate of drug-likeness (QED) is 0.536. The fourth-order valence-electron chi connectivity index (χ4n) is 2.26. The van der Waals surface area contributed by atoms with Crippen molar-refractivity contribution in [3.05, 3.63) is 69.1 Å². The molecular formula is C19H18BrNO2S. The number of thiazole rings is 1. The number of hydrogen-bond donors (Lipinski definition) is 0. The number of hydrogen-bond acceptors (Lipinski definition) is 4. The number of ether oxygens (including phenoxy) is 2. The molecule has 1 aromatic heterocycles. The predicted octanol–water partition coefficient (Wildman–Crippen LogP) is 5.61. The van der Waals surface area contributed by atoms with E-state index in [1.54, 1.807) is 18.4 Å². The third kappa shape index (κ3) is 4.23. The lowest BCUT2D eigenvalue weighted by Crippen LogP contribution is -1.93. The fourth-order valence-corrected chi connectivity index (χ4v) is 3.53. The first-order valence-corrected chi connectivity index (χ1v) is 9.19. The molecule has 1 heterocycles. The molecule has 124 valence electrons. The highest BCUT2D eigenvalue weighted by Crippen LogP contribution is 2.29. The minimum Gasteiger partial charge on any atom is -0.497 e. The molecule has 0 spiro atoms. The van der Waals surface area contributed by atoms with E-state index in [0.29, 0.717) is 13.2 Å². The van der Waals surface area contributed by atoms with Gasteiger partial charge in [0, 0.05) is 10.0 Å². The van der Waals surface area contributed by atoms with Gasteiger partial charge in [-0.05, 0) is 48.9 Å². The maximum absolute atomic E-state index is 5.85. The van der Waals surface area contributed by atoms with Crippen LogP contribution in [0.3, 0.4) is 0 Å². The van der Waals surface area contributed by atoms with Crippen molar-refractivity contribution in [1.29, 1.82) is 0 Å². The molecule has 0 saturated heterocycles. The van der Waals surface area contributed by atoms with Gasteiger partial charge in [-0.15, -0.1) is 11.3 Å². The van der Waals surface area contributed by atoms with Crippen molar-refractivity contribution in [2.45, 2.75) is 20.1 Å². The zero-order chi connectivity index (χ0) is 16.9. The van der Waals surface area contributed by atoms with Gasteiger partial charge >= 0.3 is 0 Å². The molecule has 0 aliphatic heterocycles. The molecular weight excluding hydrogens is 386 g/mol. The monoisotopic (exact) mass is 403 g/mol. The van der Waals surface area contributed by atoms with Crippen molar-refractivity contribution in [3.63, 3.8) is 0 Å². The zero-order valence-electron chi connectivity index (χ0n) is 13.6. The Kier molecular flexibility index (Phi) is 5.66. The second-order valence-electron chi connectivity index (χ2n) is 5.38. The molecule has 0 amide bonds. The lowest BCUT2D eigenvalue weighted by Gasteiger charge is -2.03. The van der Waals surface area contributed by atoms with E-state index in [0.717, 1.165) is 36.9 Å². The minimum absolute atomic E-state index is 0.579. The van der Waals surface area contributed by atoms with E-state index in [-0.39, 0.29) is 0 Å². The third-order valence-corrected chi connectivity index (χ3v) is 5.35. The maximum atomic E-state index is 5.85. The van der Waals surface area contributed by atoms with E-state index in [2.05, 4.69) is 33.0 Å². The topological polar surface area (TPSA) is 31.4 Å². The number of aryl methyl sites for hydroxylation is 1. The highest BCUT2D eigenvalue weighted by molar-refractivity contribution is 9.10. The Morgan fingerprint density at radius 2 is 1.71 bits per heavy atom. The number of nitrogens with zero attached hydrogens (tertiary/aromatic N) is 1. The second kappa shape index (κ2) is 7.92. The van der Waals surface area contributed by atoms with Crippen LogP contribution < -0.4 is 4.74 Å². The molecule has 0 fully saturated rings. The summed E-state index contributed by atoms with van der Waals surface area (Å²) in [5.74, 6) is 0.852. The molecule has 0 radical (unpaired) electrons. The molecule has 3 rings (SSSR count). The molecule has 0 bridgehead atoms. The van der Waals surface area contributed by atoms with Crippen molar-refractivity contribution < 1.29 is 9.47 Å². The molecule has 3 nitrogen and oxygen atoms in total. The summed E-state index contributed by atoms with van der Waals surface area (Å²) in [6.45, 7) is 3.21. The van der Waals surface area contributed by atoms with Crippen molar-refractivity contribution in [3.8, 4) is 16.3 Å². The zero-order valence-corrected chi connectivity index (χ0v) is 16.0. The Hall–Kier alpha value is -1.69. The molecule has 5 heteroatoms. The van der Waals surface area contributed by atoms with Gasteiger partial charge in [0.25, 0.3) is 0 Å². The normalized spacial score (nSPS) is 10.8. The molecule has 0 aliphatic rings. The number of benzene rings is 2. The summed E-state index contributed by atoms with van der Waals surface area (Å²) < 4.78 is 12.1. The molecule has 2 aromatic carbocycles. The SMILES string of the molecule is COc1ccc(-c2nc(C)c(COCc3ccc(Br)cc3)s2)cc1. The van der Waals surface area contributed by atoms with Gasteiger partial charge in [0.05, 0.1) is 30.9 Å². The minimum atomic E-state index is 0.579. The summed E-state index contributed by atoms with van der Waals surface area (Å²) in [5.41, 5.74) is 3.29. The number of aromatic nitrogens is 1. The summed E-state index contributed by atoms with van der Waals surface area (Å²) in [6, 6.07) is 16.1. The van der Waals surface area contributed by atoms with Crippen LogP contribution in [-0.2, 0) is 18.0 Å². The highest BCUT2D eigenvalue weighted by atomic mass is 79.9. The van der Waals surface area contributed by atoms with Crippen LogP contribution in [0.15, 0.2) is 53.0 Å². The first-order chi connectivity index (χ1) is 11.7. The summed E-state index contributed by atoms with van der Waals surface area (Å²) in [7, 11) is 1.67.